The van der Waals surface area contributed by atoms with E-state index in [1.807, 2.05) is 31.2 Å². The number of ether oxygens (including phenoxy) is 1. The molecular formula is C15H24N2O3S. The minimum Gasteiger partial charge on any atom is -0.493 e. The lowest BCUT2D eigenvalue weighted by Crippen LogP contribution is -2.42. The van der Waals surface area contributed by atoms with Crippen molar-refractivity contribution in [2.24, 2.45) is 5.92 Å². The van der Waals surface area contributed by atoms with Crippen molar-refractivity contribution in [3.8, 4) is 5.75 Å². The molecule has 0 unspecified atom stereocenters. The zero-order valence-electron chi connectivity index (χ0n) is 12.7. The quantitative estimate of drug-likeness (QED) is 0.835. The molecule has 0 spiro atoms. The molecule has 0 aliphatic carbocycles. The highest BCUT2D eigenvalue weighted by Gasteiger charge is 2.23. The van der Waals surface area contributed by atoms with Gasteiger partial charge in [0.05, 0.1) is 6.61 Å². The second kappa shape index (κ2) is 7.24. The van der Waals surface area contributed by atoms with E-state index in [0.29, 0.717) is 19.7 Å². The van der Waals surface area contributed by atoms with Gasteiger partial charge in [-0.05, 0) is 24.5 Å². The van der Waals surface area contributed by atoms with E-state index in [9.17, 15) is 8.42 Å². The average Bonchev–Trinajstić information content (AvgIpc) is 2.50. The Morgan fingerprint density at radius 3 is 2.90 bits per heavy atom. The summed E-state index contributed by atoms with van der Waals surface area (Å²) in [5, 5.41) is 0. The van der Waals surface area contributed by atoms with Crippen LogP contribution in [0.4, 0.5) is 0 Å². The van der Waals surface area contributed by atoms with Gasteiger partial charge < -0.3 is 4.74 Å². The molecule has 2 rings (SSSR count). The fraction of sp³-hybridized carbons (Fsp3) is 0.600. The molecule has 6 heteroatoms. The number of unbranched alkanes of at least 4 members (excludes halogenated alkanes) is 1. The van der Waals surface area contributed by atoms with Crippen molar-refractivity contribution in [1.29, 1.82) is 0 Å². The van der Waals surface area contributed by atoms with E-state index in [1.165, 1.54) is 4.31 Å². The maximum Gasteiger partial charge on any atom is 0.279 e. The van der Waals surface area contributed by atoms with Crippen LogP contribution >= 0.6 is 0 Å². The van der Waals surface area contributed by atoms with E-state index in [1.54, 1.807) is 7.05 Å². The molecule has 0 aromatic heterocycles. The summed E-state index contributed by atoms with van der Waals surface area (Å²) in [6.45, 7) is 3.56. The van der Waals surface area contributed by atoms with Gasteiger partial charge in [-0.15, -0.1) is 0 Å². The van der Waals surface area contributed by atoms with Crippen LogP contribution in [-0.4, -0.2) is 39.5 Å². The van der Waals surface area contributed by atoms with Crippen molar-refractivity contribution in [1.82, 2.24) is 9.03 Å². The van der Waals surface area contributed by atoms with Gasteiger partial charge in [-0.3, -0.25) is 0 Å². The first-order chi connectivity index (χ1) is 10.0. The zero-order chi connectivity index (χ0) is 15.3. The molecular weight excluding hydrogens is 288 g/mol. The first-order valence-electron chi connectivity index (χ1n) is 7.44. The average molecular weight is 312 g/mol. The molecule has 0 radical (unpaired) electrons. The Balaban J connectivity index is 1.86. The van der Waals surface area contributed by atoms with E-state index in [0.717, 1.165) is 30.6 Å². The summed E-state index contributed by atoms with van der Waals surface area (Å²) >= 11 is 0. The van der Waals surface area contributed by atoms with Crippen LogP contribution in [-0.2, 0) is 16.6 Å². The normalized spacial score (nSPS) is 18.3. The Morgan fingerprint density at radius 2 is 2.14 bits per heavy atom. The number of hydrogen-bond donors (Lipinski definition) is 1. The molecule has 0 bridgehead atoms. The van der Waals surface area contributed by atoms with Gasteiger partial charge in [-0.25, -0.2) is 4.72 Å². The minimum absolute atomic E-state index is 0.175. The van der Waals surface area contributed by atoms with Crippen molar-refractivity contribution < 1.29 is 13.2 Å². The van der Waals surface area contributed by atoms with Gasteiger partial charge in [-0.1, -0.05) is 31.5 Å². The molecule has 1 aliphatic heterocycles. The molecule has 21 heavy (non-hydrogen) atoms. The van der Waals surface area contributed by atoms with Crippen molar-refractivity contribution >= 4 is 10.2 Å². The summed E-state index contributed by atoms with van der Waals surface area (Å²) < 4.78 is 33.9. The summed E-state index contributed by atoms with van der Waals surface area (Å²) in [4.78, 5) is 0. The SMILES string of the molecule is CCCCN(C)S(=O)(=O)NC[C@@H]1COc2ccccc2C1. The summed E-state index contributed by atoms with van der Waals surface area (Å²) in [7, 11) is -1.77. The highest BCUT2D eigenvalue weighted by molar-refractivity contribution is 7.87. The van der Waals surface area contributed by atoms with Crippen molar-refractivity contribution in [3.05, 3.63) is 29.8 Å². The lowest BCUT2D eigenvalue weighted by Gasteiger charge is -2.26. The van der Waals surface area contributed by atoms with Crippen LogP contribution in [0, 0.1) is 5.92 Å². The van der Waals surface area contributed by atoms with Crippen LogP contribution < -0.4 is 9.46 Å². The third-order valence-electron chi connectivity index (χ3n) is 3.75. The van der Waals surface area contributed by atoms with Crippen LogP contribution in [0.2, 0.25) is 0 Å². The molecule has 1 aliphatic rings. The van der Waals surface area contributed by atoms with Gasteiger partial charge in [0.15, 0.2) is 0 Å². The van der Waals surface area contributed by atoms with Gasteiger partial charge in [0.25, 0.3) is 10.2 Å². The van der Waals surface area contributed by atoms with E-state index >= 15 is 0 Å². The molecule has 1 atom stereocenters. The Hall–Kier alpha value is -1.11. The van der Waals surface area contributed by atoms with Gasteiger partial charge in [0.2, 0.25) is 0 Å². The largest absolute Gasteiger partial charge is 0.493 e. The van der Waals surface area contributed by atoms with E-state index in [4.69, 9.17) is 4.74 Å². The molecule has 1 heterocycles. The number of rotatable bonds is 7. The standard InChI is InChI=1S/C15H24N2O3S/c1-3-4-9-17(2)21(18,19)16-11-13-10-14-7-5-6-8-15(14)20-12-13/h5-8,13,16H,3-4,9-12H2,1-2H3/t13-/m1/s1. The number of para-hydroxylation sites is 1. The third-order valence-corrected chi connectivity index (χ3v) is 5.28. The second-order valence-corrected chi connectivity index (χ2v) is 7.38. The monoisotopic (exact) mass is 312 g/mol. The first-order valence-corrected chi connectivity index (χ1v) is 8.88. The number of benzene rings is 1. The van der Waals surface area contributed by atoms with E-state index < -0.39 is 10.2 Å². The van der Waals surface area contributed by atoms with Crippen LogP contribution in [0.1, 0.15) is 25.3 Å². The second-order valence-electron chi connectivity index (χ2n) is 5.52. The maximum atomic E-state index is 12.1. The Labute approximate surface area is 127 Å². The lowest BCUT2D eigenvalue weighted by atomic mass is 9.97. The molecule has 118 valence electrons. The van der Waals surface area contributed by atoms with Crippen molar-refractivity contribution in [3.63, 3.8) is 0 Å². The molecule has 0 saturated heterocycles. The molecule has 0 saturated carbocycles. The van der Waals surface area contributed by atoms with Gasteiger partial charge in [0, 0.05) is 26.1 Å². The topological polar surface area (TPSA) is 58.6 Å². The molecule has 0 fully saturated rings. The summed E-state index contributed by atoms with van der Waals surface area (Å²) in [5.74, 6) is 1.09. The lowest BCUT2D eigenvalue weighted by molar-refractivity contribution is 0.223. The highest BCUT2D eigenvalue weighted by Crippen LogP contribution is 2.26. The number of fused-ring (bicyclic) bond motifs is 1. The molecule has 0 amide bonds. The van der Waals surface area contributed by atoms with Crippen LogP contribution in [0.5, 0.6) is 5.75 Å². The maximum absolute atomic E-state index is 12.1. The fourth-order valence-electron chi connectivity index (χ4n) is 2.36. The minimum atomic E-state index is -3.38. The van der Waals surface area contributed by atoms with Gasteiger partial charge in [0.1, 0.15) is 5.75 Å². The summed E-state index contributed by atoms with van der Waals surface area (Å²) in [5.41, 5.74) is 1.15. The fourth-order valence-corrected chi connectivity index (χ4v) is 3.39. The Morgan fingerprint density at radius 1 is 1.38 bits per heavy atom. The van der Waals surface area contributed by atoms with Crippen molar-refractivity contribution in [2.45, 2.75) is 26.2 Å². The number of nitrogens with zero attached hydrogens (tertiary/aromatic N) is 1. The van der Waals surface area contributed by atoms with Crippen LogP contribution in [0.25, 0.3) is 0 Å². The van der Waals surface area contributed by atoms with Crippen molar-refractivity contribution in [2.75, 3.05) is 26.7 Å². The van der Waals surface area contributed by atoms with Crippen LogP contribution in [0.3, 0.4) is 0 Å². The van der Waals surface area contributed by atoms with E-state index in [-0.39, 0.29) is 5.92 Å². The molecule has 5 nitrogen and oxygen atoms in total. The van der Waals surface area contributed by atoms with Crippen LogP contribution in [0.15, 0.2) is 24.3 Å². The predicted molar refractivity (Wildman–Crippen MR) is 83.6 cm³/mol. The smallest absolute Gasteiger partial charge is 0.279 e. The summed E-state index contributed by atoms with van der Waals surface area (Å²) in [6.07, 6.45) is 2.70. The Bertz CT molecular complexity index is 560. The zero-order valence-corrected chi connectivity index (χ0v) is 13.5. The molecule has 1 aromatic carbocycles. The third kappa shape index (κ3) is 4.43. The number of hydrogen-bond acceptors (Lipinski definition) is 3. The predicted octanol–water partition coefficient (Wildman–Crippen LogP) is 1.80. The van der Waals surface area contributed by atoms with Gasteiger partial charge >= 0.3 is 0 Å². The first kappa shape index (κ1) is 16.3. The molecule has 1 aromatic rings. The Kier molecular flexibility index (Phi) is 5.61. The van der Waals surface area contributed by atoms with E-state index in [2.05, 4.69) is 4.72 Å². The number of nitrogens with one attached hydrogen (secondary N) is 1. The van der Waals surface area contributed by atoms with Gasteiger partial charge in [-0.2, -0.15) is 12.7 Å². The highest BCUT2D eigenvalue weighted by atomic mass is 32.2. The summed E-state index contributed by atoms with van der Waals surface area (Å²) in [6, 6.07) is 7.91. The molecule has 1 N–H and O–H groups in total.